The number of rotatable bonds is 3. The minimum atomic E-state index is -3.59. The highest BCUT2D eigenvalue weighted by atomic mass is 32.2. The summed E-state index contributed by atoms with van der Waals surface area (Å²) in [5.41, 5.74) is 4.25. The van der Waals surface area contributed by atoms with Gasteiger partial charge in [0, 0.05) is 11.9 Å². The number of benzene rings is 1. The number of imidazole rings is 1. The first kappa shape index (κ1) is 14.6. The lowest BCUT2D eigenvalue weighted by atomic mass is 10.2. The molecule has 0 saturated heterocycles. The number of hydrogen-bond donors (Lipinski definition) is 1. The van der Waals surface area contributed by atoms with Crippen molar-refractivity contribution in [2.75, 3.05) is 4.72 Å². The smallest absolute Gasteiger partial charge is 0.261 e. The summed E-state index contributed by atoms with van der Waals surface area (Å²) in [6.45, 7) is 5.80. The van der Waals surface area contributed by atoms with Crippen LogP contribution in [0.15, 0.2) is 47.5 Å². The van der Waals surface area contributed by atoms with Crippen molar-refractivity contribution in [1.82, 2.24) is 9.38 Å². The third-order valence-electron chi connectivity index (χ3n) is 3.68. The van der Waals surface area contributed by atoms with Gasteiger partial charge < -0.3 is 4.40 Å². The number of sulfonamides is 1. The van der Waals surface area contributed by atoms with E-state index in [2.05, 4.69) is 9.71 Å². The molecular formula is C16H17N3O2S. The van der Waals surface area contributed by atoms with Crippen LogP contribution in [-0.2, 0) is 10.0 Å². The Labute approximate surface area is 129 Å². The van der Waals surface area contributed by atoms with E-state index in [1.54, 1.807) is 42.6 Å². The third-order valence-corrected chi connectivity index (χ3v) is 5.07. The molecule has 0 saturated carbocycles. The van der Waals surface area contributed by atoms with E-state index < -0.39 is 10.0 Å². The van der Waals surface area contributed by atoms with Gasteiger partial charge in [0.15, 0.2) is 0 Å². The Morgan fingerprint density at radius 3 is 2.36 bits per heavy atom. The van der Waals surface area contributed by atoms with Gasteiger partial charge in [-0.15, -0.1) is 0 Å². The second-order valence-electron chi connectivity index (χ2n) is 5.35. The van der Waals surface area contributed by atoms with Crippen LogP contribution in [0.1, 0.15) is 17.0 Å². The van der Waals surface area contributed by atoms with Gasteiger partial charge in [0.05, 0.1) is 16.3 Å². The summed E-state index contributed by atoms with van der Waals surface area (Å²) in [5.74, 6) is 0. The molecule has 5 nitrogen and oxygen atoms in total. The van der Waals surface area contributed by atoms with Crippen molar-refractivity contribution in [2.24, 2.45) is 0 Å². The fourth-order valence-corrected chi connectivity index (χ4v) is 3.31. The normalized spacial score (nSPS) is 11.8. The maximum Gasteiger partial charge on any atom is 0.261 e. The summed E-state index contributed by atoms with van der Waals surface area (Å²) in [4.78, 5) is 4.65. The van der Waals surface area contributed by atoms with Crippen LogP contribution in [0.25, 0.3) is 5.65 Å². The molecule has 0 bridgehead atoms. The Bertz CT molecular complexity index is 941. The molecule has 0 aliphatic carbocycles. The van der Waals surface area contributed by atoms with Gasteiger partial charge >= 0.3 is 0 Å². The van der Waals surface area contributed by atoms with Crippen LogP contribution in [-0.4, -0.2) is 17.8 Å². The standard InChI is InChI=1S/C16H17N3O2S/c1-11-4-7-15(8-5-11)22(20,21)18-14-6-9-16-17-12(2)13(3)19(16)10-14/h4-10,18H,1-3H3. The lowest BCUT2D eigenvalue weighted by Crippen LogP contribution is -2.13. The second-order valence-corrected chi connectivity index (χ2v) is 7.03. The predicted molar refractivity (Wildman–Crippen MR) is 86.7 cm³/mol. The Hall–Kier alpha value is -2.34. The molecular weight excluding hydrogens is 298 g/mol. The second kappa shape index (κ2) is 5.14. The van der Waals surface area contributed by atoms with E-state index in [1.165, 1.54) is 0 Å². The van der Waals surface area contributed by atoms with Gasteiger partial charge in [-0.3, -0.25) is 4.72 Å². The first-order valence-electron chi connectivity index (χ1n) is 6.91. The summed E-state index contributed by atoms with van der Waals surface area (Å²) in [6.07, 6.45) is 1.75. The topological polar surface area (TPSA) is 63.5 Å². The lowest BCUT2D eigenvalue weighted by Gasteiger charge is -2.09. The molecule has 0 aliphatic heterocycles. The van der Waals surface area contributed by atoms with Crippen LogP contribution in [0.5, 0.6) is 0 Å². The maximum absolute atomic E-state index is 12.4. The van der Waals surface area contributed by atoms with E-state index >= 15 is 0 Å². The number of aromatic nitrogens is 2. The van der Waals surface area contributed by atoms with E-state index in [4.69, 9.17) is 0 Å². The largest absolute Gasteiger partial charge is 0.302 e. The lowest BCUT2D eigenvalue weighted by molar-refractivity contribution is 0.601. The molecule has 114 valence electrons. The quantitative estimate of drug-likeness (QED) is 0.808. The third kappa shape index (κ3) is 2.57. The van der Waals surface area contributed by atoms with Crippen molar-refractivity contribution in [3.63, 3.8) is 0 Å². The van der Waals surface area contributed by atoms with Crippen molar-refractivity contribution in [3.8, 4) is 0 Å². The SMILES string of the molecule is Cc1ccc(S(=O)(=O)Nc2ccc3nc(C)c(C)n3c2)cc1. The van der Waals surface area contributed by atoms with Crippen molar-refractivity contribution in [2.45, 2.75) is 25.7 Å². The van der Waals surface area contributed by atoms with Gasteiger partial charge in [-0.2, -0.15) is 0 Å². The highest BCUT2D eigenvalue weighted by Gasteiger charge is 2.14. The highest BCUT2D eigenvalue weighted by Crippen LogP contribution is 2.19. The van der Waals surface area contributed by atoms with Crippen LogP contribution in [0.2, 0.25) is 0 Å². The number of nitrogens with zero attached hydrogens (tertiary/aromatic N) is 2. The van der Waals surface area contributed by atoms with Crippen LogP contribution >= 0.6 is 0 Å². The van der Waals surface area contributed by atoms with E-state index in [9.17, 15) is 8.42 Å². The Morgan fingerprint density at radius 1 is 1.00 bits per heavy atom. The zero-order valence-electron chi connectivity index (χ0n) is 12.7. The average Bonchev–Trinajstić information content (AvgIpc) is 2.74. The fraction of sp³-hybridized carbons (Fsp3) is 0.188. The van der Waals surface area contributed by atoms with Crippen molar-refractivity contribution in [1.29, 1.82) is 0 Å². The molecule has 6 heteroatoms. The van der Waals surface area contributed by atoms with Crippen LogP contribution in [0.4, 0.5) is 5.69 Å². The Kier molecular flexibility index (Phi) is 3.41. The average molecular weight is 315 g/mol. The molecule has 1 aromatic carbocycles. The Morgan fingerprint density at radius 2 is 1.68 bits per heavy atom. The van der Waals surface area contributed by atoms with Crippen LogP contribution in [0, 0.1) is 20.8 Å². The first-order valence-corrected chi connectivity index (χ1v) is 8.40. The first-order chi connectivity index (χ1) is 10.4. The van der Waals surface area contributed by atoms with Crippen LogP contribution in [0.3, 0.4) is 0 Å². The molecule has 0 spiro atoms. The molecule has 2 aromatic heterocycles. The number of pyridine rings is 1. The molecule has 1 N–H and O–H groups in total. The summed E-state index contributed by atoms with van der Waals surface area (Å²) in [6, 6.07) is 10.3. The number of hydrogen-bond acceptors (Lipinski definition) is 3. The molecule has 2 heterocycles. The molecule has 0 aliphatic rings. The zero-order chi connectivity index (χ0) is 15.9. The molecule has 0 radical (unpaired) electrons. The summed E-state index contributed by atoms with van der Waals surface area (Å²) >= 11 is 0. The number of aryl methyl sites for hydroxylation is 3. The molecule has 0 atom stereocenters. The fourth-order valence-electron chi connectivity index (χ4n) is 2.27. The van der Waals surface area contributed by atoms with Crippen molar-refractivity contribution >= 4 is 21.4 Å². The van der Waals surface area contributed by atoms with Gasteiger partial charge in [0.25, 0.3) is 10.0 Å². The number of nitrogens with one attached hydrogen (secondary N) is 1. The minimum absolute atomic E-state index is 0.247. The van der Waals surface area contributed by atoms with E-state index in [0.29, 0.717) is 5.69 Å². The molecule has 22 heavy (non-hydrogen) atoms. The van der Waals surface area contributed by atoms with E-state index in [1.807, 2.05) is 25.2 Å². The number of anilines is 1. The summed E-state index contributed by atoms with van der Waals surface area (Å²) in [5, 5.41) is 0. The minimum Gasteiger partial charge on any atom is -0.302 e. The highest BCUT2D eigenvalue weighted by molar-refractivity contribution is 7.92. The van der Waals surface area contributed by atoms with E-state index in [-0.39, 0.29) is 4.90 Å². The summed E-state index contributed by atoms with van der Waals surface area (Å²) < 4.78 is 29.3. The monoisotopic (exact) mass is 315 g/mol. The van der Waals surface area contributed by atoms with Gasteiger partial charge in [0.1, 0.15) is 5.65 Å². The van der Waals surface area contributed by atoms with Gasteiger partial charge in [-0.05, 0) is 45.0 Å². The molecule has 0 unspecified atom stereocenters. The molecule has 3 aromatic rings. The molecule has 0 fully saturated rings. The Balaban J connectivity index is 1.98. The number of fused-ring (bicyclic) bond motifs is 1. The van der Waals surface area contributed by atoms with Gasteiger partial charge in [0.2, 0.25) is 0 Å². The van der Waals surface area contributed by atoms with Crippen molar-refractivity contribution in [3.05, 3.63) is 59.5 Å². The zero-order valence-corrected chi connectivity index (χ0v) is 13.5. The van der Waals surface area contributed by atoms with Crippen LogP contribution < -0.4 is 4.72 Å². The molecule has 3 rings (SSSR count). The predicted octanol–water partition coefficient (Wildman–Crippen LogP) is 3.06. The maximum atomic E-state index is 12.4. The van der Waals surface area contributed by atoms with Gasteiger partial charge in [-0.1, -0.05) is 17.7 Å². The summed E-state index contributed by atoms with van der Waals surface area (Å²) in [7, 11) is -3.59. The van der Waals surface area contributed by atoms with E-state index in [0.717, 1.165) is 22.6 Å². The van der Waals surface area contributed by atoms with Crippen molar-refractivity contribution < 1.29 is 8.42 Å². The van der Waals surface area contributed by atoms with Gasteiger partial charge in [-0.25, -0.2) is 13.4 Å². The molecule has 0 amide bonds.